The van der Waals surface area contributed by atoms with Gasteiger partial charge in [-0.2, -0.15) is 4.31 Å². The summed E-state index contributed by atoms with van der Waals surface area (Å²) in [6.45, 7) is 48.7. The fourth-order valence-corrected chi connectivity index (χ4v) is 31.5. The van der Waals surface area contributed by atoms with Crippen LogP contribution in [0.2, 0.25) is 5.02 Å². The van der Waals surface area contributed by atoms with Gasteiger partial charge in [-0.3, -0.25) is 4.79 Å². The fraction of sp³-hybridized carbons (Fsp3) is 0.752. The molecule has 0 unspecified atom stereocenters. The first-order valence-corrected chi connectivity index (χ1v) is 66.0. The zero-order valence-electron chi connectivity index (χ0n) is 93.9. The number of aryl methyl sites for hydroxylation is 5. The number of hydrogen-bond donors (Lipinski definition) is 0. The summed E-state index contributed by atoms with van der Waals surface area (Å²) in [4.78, 5) is 30.2. The van der Waals surface area contributed by atoms with Crippen molar-refractivity contribution in [2.75, 3.05) is 109 Å². The van der Waals surface area contributed by atoms with Crippen LogP contribution in [0.3, 0.4) is 0 Å². The van der Waals surface area contributed by atoms with Crippen molar-refractivity contribution < 1.29 is 69.5 Å². The van der Waals surface area contributed by atoms with E-state index in [9.17, 15) is 55.3 Å². The van der Waals surface area contributed by atoms with Crippen molar-refractivity contribution in [2.45, 2.75) is 410 Å². The summed E-state index contributed by atoms with van der Waals surface area (Å²) in [7, 11) is -18.6. The summed E-state index contributed by atoms with van der Waals surface area (Å²) in [5.74, 6) is 9.08. The number of carbonyl (C=O) groups is 1. The largest absolute Gasteiger partial charge is 0.373 e. The number of rotatable bonds is 30. The highest BCUT2D eigenvalue weighted by molar-refractivity contribution is 7.94. The van der Waals surface area contributed by atoms with Crippen LogP contribution in [0.5, 0.6) is 0 Å². The molecule has 5 saturated carbocycles. The Bertz CT molecular complexity index is 5420. The second-order valence-electron chi connectivity index (χ2n) is 50.5. The SMILES string of the molecule is CC(=O)N1CCN(c2ccc(CCC3CCC(CS(=O)(=O)C(C)(C)C)CC3)cc2)CC1.CC(C)(C)S(=O)(=O)CC1CCC(CCc2cccc(Cl)c2)CC1.C[C@@H]1CN(S(=O)(=O)c2ccc(CCC3CCC(CS(=O)(=O)C(C)(C)C)CC3)cc2)C[C@H](C)O1.C[C@@H]1CN(c2ccc(CCC3CCC(CS(=O)(=O)C(C)(C)C)CC3)cn2)C[C@@H](C)O1.C[C@@H]1CN(c2ccc(CCC3CCC(CS(=O)(=O)C(C)(C)C)CC3)cn2)C[C@H](C)O1. The molecule has 4 saturated heterocycles. The molecule has 4 aliphatic heterocycles. The summed E-state index contributed by atoms with van der Waals surface area (Å²) in [5.41, 5.74) is 7.66. The molecule has 23 nitrogen and oxygen atoms in total. The topological polar surface area (TPSA) is 292 Å². The molecule has 14 rings (SSSR count). The Morgan fingerprint density at radius 1 is 0.313 bits per heavy atom. The molecule has 0 radical (unpaired) electrons. The molecular weight excluding hydrogens is 1990 g/mol. The van der Waals surface area contributed by atoms with E-state index >= 15 is 0 Å². The van der Waals surface area contributed by atoms with Crippen LogP contribution >= 0.6 is 11.6 Å². The first kappa shape index (κ1) is 123. The lowest BCUT2D eigenvalue weighted by Gasteiger charge is -2.36. The molecule has 1 amide bonds. The van der Waals surface area contributed by atoms with Crippen LogP contribution in [0.1, 0.15) is 341 Å². The van der Waals surface area contributed by atoms with E-state index in [-0.39, 0.29) is 48.4 Å². The summed E-state index contributed by atoms with van der Waals surface area (Å²) >= 11 is 6.03. The highest BCUT2D eigenvalue weighted by Gasteiger charge is 2.41. The standard InChI is InChI=1S/C25H40N2O3S.C25H41NO5S2.2C24H40N2O3S.C19H29ClO2S/c1-20(28)26-15-17-27(18-16-26)24-13-11-22(12-14-24)6-5-21-7-9-23(10-8-21)19-31(29,30)25(2,3)4;1-19-16-26(17-20(2)31-19)33(29,30)24-14-12-22(13-15-24)7-6-21-8-10-23(11-9-21)18-32(27,28)25(3,4)5;2*1-18-15-26(16-19(2)29-18)23-13-12-21(14-25-23)9-6-20-7-10-22(11-8-20)17-30(27,28)24(3,4)5;1-19(2,3)23(21,22)14-17-11-8-15(9-12-17)7-10-16-5-4-6-18(20)13-16/h11-14,21,23H,5-10,15-19H2,1-4H3;12-15,19-21,23H,6-11,16-18H2,1-5H3;2*12-14,18-20,22H,6-11,15-17H2,1-5H3;4-6,13,15,17H,7-12,14H2,1-3H3/t;19-,20+,21?,23?;18-,19+,20?,22?;18-,19-,20?,22?;/m...1./s1. The van der Waals surface area contributed by atoms with Gasteiger partial charge in [0.25, 0.3) is 0 Å². The molecule has 0 N–H and O–H groups in total. The number of morpholine rings is 3. The molecule has 30 heteroatoms. The molecule has 5 aliphatic carbocycles. The maximum atomic E-state index is 13.0. The van der Waals surface area contributed by atoms with Crippen molar-refractivity contribution in [2.24, 2.45) is 59.2 Å². The molecule has 2 aromatic heterocycles. The third-order valence-corrected chi connectivity index (χ3v) is 48.9. The van der Waals surface area contributed by atoms with E-state index in [2.05, 4.69) is 97.0 Å². The van der Waals surface area contributed by atoms with Crippen LogP contribution in [-0.4, -0.2) is 230 Å². The lowest BCUT2D eigenvalue weighted by Crippen LogP contribution is -2.48. The first-order chi connectivity index (χ1) is 68.6. The molecule has 0 bridgehead atoms. The van der Waals surface area contributed by atoms with Gasteiger partial charge in [0.1, 0.15) is 11.6 Å². The highest BCUT2D eigenvalue weighted by atomic mass is 35.5. The molecule has 9 fully saturated rings. The zero-order valence-corrected chi connectivity index (χ0v) is 99.6. The van der Waals surface area contributed by atoms with Gasteiger partial charge in [0.15, 0.2) is 49.2 Å². The predicted octanol–water partition coefficient (Wildman–Crippen LogP) is 23.3. The minimum Gasteiger partial charge on any atom is -0.373 e. The molecule has 832 valence electrons. The molecule has 3 aromatic carbocycles. The van der Waals surface area contributed by atoms with Crippen molar-refractivity contribution in [1.82, 2.24) is 19.2 Å². The highest BCUT2D eigenvalue weighted by Crippen LogP contribution is 2.42. The number of pyridine rings is 2. The van der Waals surface area contributed by atoms with Gasteiger partial charge in [-0.25, -0.2) is 60.5 Å². The van der Waals surface area contributed by atoms with Crippen molar-refractivity contribution >= 4 is 94.0 Å². The van der Waals surface area contributed by atoms with E-state index in [1.165, 1.54) is 57.9 Å². The van der Waals surface area contributed by atoms with Gasteiger partial charge in [0.2, 0.25) is 15.9 Å². The number of benzene rings is 3. The maximum Gasteiger partial charge on any atom is 0.243 e. The number of halogens is 1. The smallest absolute Gasteiger partial charge is 0.243 e. The van der Waals surface area contributed by atoms with Crippen molar-refractivity contribution in [3.63, 3.8) is 0 Å². The lowest BCUT2D eigenvalue weighted by atomic mass is 9.80. The van der Waals surface area contributed by atoms with E-state index in [4.69, 9.17) is 35.8 Å². The molecule has 6 atom stereocenters. The number of nitrogens with zero attached hydrogens (tertiary/aromatic N) is 7. The Labute approximate surface area is 896 Å². The van der Waals surface area contributed by atoms with Crippen LogP contribution < -0.4 is 14.7 Å². The average Bonchev–Trinajstić information content (AvgIpc) is 0.790. The minimum absolute atomic E-state index is 0.105. The van der Waals surface area contributed by atoms with Gasteiger partial charge in [-0.05, 0) is 409 Å². The van der Waals surface area contributed by atoms with Gasteiger partial charge in [0, 0.05) is 95.5 Å². The Balaban J connectivity index is 0.000000189. The maximum absolute atomic E-state index is 13.0. The normalized spacial score (nSPS) is 26.4. The van der Waals surface area contributed by atoms with Crippen molar-refractivity contribution in [1.29, 1.82) is 0 Å². The number of ether oxygens (including phenoxy) is 3. The van der Waals surface area contributed by atoms with Crippen LogP contribution in [0.15, 0.2) is 114 Å². The fourth-order valence-electron chi connectivity index (χ4n) is 22.5. The lowest BCUT2D eigenvalue weighted by molar-refractivity contribution is -0.129. The van der Waals surface area contributed by atoms with Crippen LogP contribution in [0.25, 0.3) is 0 Å². The number of aromatic nitrogens is 2. The third-order valence-electron chi connectivity index (χ3n) is 32.9. The average molecular weight is 2180 g/mol. The minimum atomic E-state index is -3.51. The molecule has 6 heterocycles. The number of sulfonamides is 1. The summed E-state index contributed by atoms with van der Waals surface area (Å²) in [5, 5.41) is 0.804. The van der Waals surface area contributed by atoms with Crippen LogP contribution in [0.4, 0.5) is 17.3 Å². The van der Waals surface area contributed by atoms with Gasteiger partial charge >= 0.3 is 0 Å². The zero-order chi connectivity index (χ0) is 108. The quantitative estimate of drug-likeness (QED) is 0.0412. The molecule has 9 aliphatic rings. The van der Waals surface area contributed by atoms with Gasteiger partial charge in [-0.1, -0.05) is 124 Å². The van der Waals surface area contributed by atoms with Crippen molar-refractivity contribution in [3.8, 4) is 0 Å². The molecular formula is C117H190ClN7O16S6. The van der Waals surface area contributed by atoms with Gasteiger partial charge < -0.3 is 33.8 Å². The summed E-state index contributed by atoms with van der Waals surface area (Å²) in [6.07, 6.45) is 37.5. The number of hydrogen-bond acceptors (Lipinski definition) is 21. The van der Waals surface area contributed by atoms with E-state index in [1.54, 1.807) is 60.6 Å². The summed E-state index contributed by atoms with van der Waals surface area (Å²) < 4.78 is 166. The van der Waals surface area contributed by atoms with E-state index in [0.29, 0.717) is 94.1 Å². The van der Waals surface area contributed by atoms with E-state index in [0.717, 1.165) is 247 Å². The second kappa shape index (κ2) is 54.4. The third kappa shape index (κ3) is 38.9. The monoisotopic (exact) mass is 2180 g/mol. The number of sulfone groups is 5. The molecule has 0 spiro atoms. The van der Waals surface area contributed by atoms with Gasteiger partial charge in [0.05, 0.1) is 94.0 Å². The van der Waals surface area contributed by atoms with Crippen LogP contribution in [-0.2, 0) is 110 Å². The Hall–Kier alpha value is -5.34. The second-order valence-corrected chi connectivity index (χ2v) is 66.8. The molecule has 147 heavy (non-hydrogen) atoms. The first-order valence-electron chi connectivity index (χ1n) is 56.0. The Morgan fingerprint density at radius 2 is 0.565 bits per heavy atom. The number of piperazine rings is 1. The summed E-state index contributed by atoms with van der Waals surface area (Å²) in [6, 6.07) is 33.1. The number of anilines is 3. The van der Waals surface area contributed by atoms with Gasteiger partial charge in [-0.15, -0.1) is 0 Å². The predicted molar refractivity (Wildman–Crippen MR) is 607 cm³/mol. The molecule has 5 aromatic rings. The number of amides is 1. The van der Waals surface area contributed by atoms with Crippen molar-refractivity contribution in [3.05, 3.63) is 142 Å². The Kier molecular flexibility index (Phi) is 45.7. The van der Waals surface area contributed by atoms with E-state index < -0.39 is 82.9 Å². The van der Waals surface area contributed by atoms with Crippen LogP contribution in [0, 0.1) is 59.2 Å². The Morgan fingerprint density at radius 3 is 0.823 bits per heavy atom. The number of carbonyl (C=O) groups excluding carboxylic acids is 1. The van der Waals surface area contributed by atoms with E-state index in [1.807, 2.05) is 124 Å².